The van der Waals surface area contributed by atoms with Crippen molar-refractivity contribution in [3.63, 3.8) is 0 Å². The lowest BCUT2D eigenvalue weighted by atomic mass is 10.0. The number of aromatic nitrogens is 4. The second-order valence-electron chi connectivity index (χ2n) is 7.89. The molecule has 4 rings (SSSR count). The van der Waals surface area contributed by atoms with Crippen LogP contribution in [0.5, 0.6) is 0 Å². The fourth-order valence-corrected chi connectivity index (χ4v) is 4.64. The summed E-state index contributed by atoms with van der Waals surface area (Å²) < 4.78 is 77.4. The maximum atomic E-state index is 14.1. The van der Waals surface area contributed by atoms with Crippen LogP contribution in [-0.4, -0.2) is 56.6 Å². The van der Waals surface area contributed by atoms with Crippen LogP contribution in [0, 0.1) is 17.7 Å². The first-order valence-corrected chi connectivity index (χ1v) is 11.9. The van der Waals surface area contributed by atoms with Crippen LogP contribution in [0.4, 0.5) is 28.2 Å². The molecule has 15 heteroatoms. The van der Waals surface area contributed by atoms with Crippen molar-refractivity contribution < 1.29 is 35.9 Å². The summed E-state index contributed by atoms with van der Waals surface area (Å²) in [5, 5.41) is 11.0. The van der Waals surface area contributed by atoms with E-state index in [-0.39, 0.29) is 21.0 Å². The SMILES string of the molecule is C[C@H](C#Cc1ncc(F)cc1C1CCCN1c1ccc2ncn(S(=O)(=O)C(F)(F)F)c2n1)NC(=O)O. The van der Waals surface area contributed by atoms with E-state index in [0.29, 0.717) is 31.3 Å². The van der Waals surface area contributed by atoms with E-state index in [0.717, 1.165) is 6.20 Å². The van der Waals surface area contributed by atoms with Gasteiger partial charge in [0, 0.05) is 12.1 Å². The molecule has 3 aromatic heterocycles. The van der Waals surface area contributed by atoms with Gasteiger partial charge in [-0.25, -0.2) is 28.1 Å². The Balaban J connectivity index is 1.75. The Morgan fingerprint density at radius 3 is 2.75 bits per heavy atom. The molecule has 1 unspecified atom stereocenters. The number of amides is 1. The number of carboxylic acid groups (broad SMARTS) is 1. The standard InChI is InChI=1S/C21H18F4N6O4S/c1-12(28-20(32)33)4-5-15-14(9-13(22)10-26-15)17-3-2-8-30(17)18-7-6-16-19(29-18)31(11-27-16)36(34,35)21(23,24)25/h6-7,9-12,17,28H,2-3,8H2,1H3,(H,32,33)/t12-,17?/m1/s1. The molecule has 0 aliphatic carbocycles. The number of fused-ring (bicyclic) bond motifs is 1. The Kier molecular flexibility index (Phi) is 6.48. The van der Waals surface area contributed by atoms with Gasteiger partial charge in [0.2, 0.25) is 0 Å². The van der Waals surface area contributed by atoms with Crippen LogP contribution in [0.2, 0.25) is 0 Å². The number of hydrogen-bond donors (Lipinski definition) is 2. The summed E-state index contributed by atoms with van der Waals surface area (Å²) in [4.78, 5) is 24.4. The third kappa shape index (κ3) is 4.76. The molecule has 36 heavy (non-hydrogen) atoms. The summed E-state index contributed by atoms with van der Waals surface area (Å²) in [6, 6.07) is 2.79. The zero-order chi connectivity index (χ0) is 26.3. The minimum atomic E-state index is -5.75. The van der Waals surface area contributed by atoms with Crippen molar-refractivity contribution in [3.05, 3.63) is 47.8 Å². The smallest absolute Gasteiger partial charge is 0.465 e. The average Bonchev–Trinajstić information content (AvgIpc) is 3.44. The molecule has 1 amide bonds. The van der Waals surface area contributed by atoms with Crippen LogP contribution in [0.25, 0.3) is 11.2 Å². The molecule has 0 saturated carbocycles. The van der Waals surface area contributed by atoms with Gasteiger partial charge in [-0.15, -0.1) is 0 Å². The summed E-state index contributed by atoms with van der Waals surface area (Å²) in [7, 11) is -5.75. The van der Waals surface area contributed by atoms with E-state index >= 15 is 0 Å². The summed E-state index contributed by atoms with van der Waals surface area (Å²) in [5.74, 6) is 4.95. The number of imidazole rings is 1. The van der Waals surface area contributed by atoms with Crippen molar-refractivity contribution in [3.8, 4) is 11.8 Å². The molecule has 0 aromatic carbocycles. The highest BCUT2D eigenvalue weighted by Gasteiger charge is 2.48. The highest BCUT2D eigenvalue weighted by molar-refractivity contribution is 7.90. The number of carbonyl (C=O) groups is 1. The monoisotopic (exact) mass is 526 g/mol. The number of alkyl halides is 3. The maximum Gasteiger partial charge on any atom is 0.517 e. The molecular weight excluding hydrogens is 508 g/mol. The van der Waals surface area contributed by atoms with Crippen LogP contribution in [-0.2, 0) is 10.0 Å². The lowest BCUT2D eigenvalue weighted by molar-refractivity contribution is -0.0445. The van der Waals surface area contributed by atoms with Gasteiger partial charge in [-0.05, 0) is 43.9 Å². The number of pyridine rings is 2. The third-order valence-electron chi connectivity index (χ3n) is 5.44. The molecule has 1 fully saturated rings. The van der Waals surface area contributed by atoms with Crippen molar-refractivity contribution >= 4 is 33.1 Å². The largest absolute Gasteiger partial charge is 0.517 e. The van der Waals surface area contributed by atoms with Gasteiger partial charge in [0.25, 0.3) is 0 Å². The number of rotatable bonds is 4. The van der Waals surface area contributed by atoms with E-state index in [9.17, 15) is 30.8 Å². The Morgan fingerprint density at radius 2 is 2.06 bits per heavy atom. The minimum absolute atomic E-state index is 0.0194. The Hall–Kier alpha value is -3.93. The van der Waals surface area contributed by atoms with Gasteiger partial charge in [-0.2, -0.15) is 21.6 Å². The van der Waals surface area contributed by atoms with Gasteiger partial charge in [0.1, 0.15) is 29.2 Å². The Morgan fingerprint density at radius 1 is 1.31 bits per heavy atom. The number of halogens is 4. The van der Waals surface area contributed by atoms with Gasteiger partial charge in [0.05, 0.1) is 18.3 Å². The van der Waals surface area contributed by atoms with Crippen molar-refractivity contribution in [2.24, 2.45) is 0 Å². The predicted octanol–water partition coefficient (Wildman–Crippen LogP) is 3.01. The van der Waals surface area contributed by atoms with Gasteiger partial charge in [-0.3, -0.25) is 0 Å². The van der Waals surface area contributed by atoms with Crippen LogP contribution in [0.1, 0.15) is 37.1 Å². The number of hydrogen-bond acceptors (Lipinski definition) is 7. The average molecular weight is 526 g/mol. The highest BCUT2D eigenvalue weighted by atomic mass is 32.2. The molecule has 3 aromatic rings. The normalized spacial score (nSPS) is 17.0. The van der Waals surface area contributed by atoms with Crippen molar-refractivity contribution in [1.82, 2.24) is 24.2 Å². The van der Waals surface area contributed by atoms with E-state index in [1.165, 1.54) is 25.1 Å². The highest BCUT2D eigenvalue weighted by Crippen LogP contribution is 2.37. The van der Waals surface area contributed by atoms with Crippen LogP contribution in [0.3, 0.4) is 0 Å². The van der Waals surface area contributed by atoms with Crippen LogP contribution in [0.15, 0.2) is 30.7 Å². The maximum absolute atomic E-state index is 14.1. The Labute approximate surface area is 202 Å². The lowest BCUT2D eigenvalue weighted by Gasteiger charge is -2.26. The zero-order valence-corrected chi connectivity index (χ0v) is 19.3. The van der Waals surface area contributed by atoms with Gasteiger partial charge >= 0.3 is 21.6 Å². The molecule has 0 bridgehead atoms. The van der Waals surface area contributed by atoms with Gasteiger partial charge in [0.15, 0.2) is 5.65 Å². The van der Waals surface area contributed by atoms with Crippen LogP contribution < -0.4 is 10.2 Å². The van der Waals surface area contributed by atoms with E-state index in [4.69, 9.17) is 5.11 Å². The first kappa shape index (κ1) is 25.2. The summed E-state index contributed by atoms with van der Waals surface area (Å²) >= 11 is 0. The number of nitrogens with one attached hydrogen (secondary N) is 1. The second kappa shape index (κ2) is 9.26. The topological polar surface area (TPSA) is 130 Å². The lowest BCUT2D eigenvalue weighted by Crippen LogP contribution is -2.30. The molecule has 0 spiro atoms. The second-order valence-corrected chi connectivity index (χ2v) is 9.69. The molecular formula is C21H18F4N6O4S. The summed E-state index contributed by atoms with van der Waals surface area (Å²) in [6.45, 7) is 1.91. The molecule has 2 atom stereocenters. The molecule has 190 valence electrons. The van der Waals surface area contributed by atoms with Gasteiger partial charge < -0.3 is 15.3 Å². The van der Waals surface area contributed by atoms with E-state index in [1.807, 2.05) is 0 Å². The molecule has 10 nitrogen and oxygen atoms in total. The molecule has 1 saturated heterocycles. The van der Waals surface area contributed by atoms with Crippen LogP contribution >= 0.6 is 0 Å². The van der Waals surface area contributed by atoms with Gasteiger partial charge in [-0.1, -0.05) is 5.92 Å². The van der Waals surface area contributed by atoms with Crippen molar-refractivity contribution in [2.75, 3.05) is 11.4 Å². The first-order chi connectivity index (χ1) is 16.9. The number of nitrogens with zero attached hydrogens (tertiary/aromatic N) is 5. The number of anilines is 1. The van der Waals surface area contributed by atoms with E-state index < -0.39 is 45.2 Å². The van der Waals surface area contributed by atoms with Crippen molar-refractivity contribution in [1.29, 1.82) is 0 Å². The van der Waals surface area contributed by atoms with E-state index in [2.05, 4.69) is 32.1 Å². The quantitative estimate of drug-likeness (QED) is 0.392. The molecule has 2 N–H and O–H groups in total. The summed E-state index contributed by atoms with van der Waals surface area (Å²) in [5.41, 5.74) is -5.54. The third-order valence-corrected chi connectivity index (χ3v) is 6.81. The molecule has 1 aliphatic rings. The molecule has 4 heterocycles. The molecule has 1 aliphatic heterocycles. The van der Waals surface area contributed by atoms with E-state index in [1.54, 1.807) is 4.90 Å². The fourth-order valence-electron chi connectivity index (χ4n) is 3.89. The Bertz CT molecular complexity index is 1500. The summed E-state index contributed by atoms with van der Waals surface area (Å²) in [6.07, 6.45) is 1.36. The fraction of sp³-hybridized carbons (Fsp3) is 0.333. The minimum Gasteiger partial charge on any atom is -0.465 e. The molecule has 0 radical (unpaired) electrons. The first-order valence-electron chi connectivity index (χ1n) is 10.5. The zero-order valence-electron chi connectivity index (χ0n) is 18.5. The predicted molar refractivity (Wildman–Crippen MR) is 119 cm³/mol. The van der Waals surface area contributed by atoms with Crippen molar-refractivity contribution in [2.45, 2.75) is 37.4 Å².